The number of carbonyl (C=O) groups excluding carboxylic acids is 1. The van der Waals surface area contributed by atoms with Crippen LogP contribution in [0.3, 0.4) is 0 Å². The zero-order valence-corrected chi connectivity index (χ0v) is 8.96. The molecule has 1 unspecified atom stereocenters. The molecule has 0 aliphatic carbocycles. The van der Waals surface area contributed by atoms with Crippen molar-refractivity contribution in [3.8, 4) is 0 Å². The zero-order valence-electron chi connectivity index (χ0n) is 8.96. The highest BCUT2D eigenvalue weighted by Crippen LogP contribution is 2.14. The lowest BCUT2D eigenvalue weighted by Crippen LogP contribution is -2.25. The van der Waals surface area contributed by atoms with Gasteiger partial charge >= 0.3 is 0 Å². The highest BCUT2D eigenvalue weighted by molar-refractivity contribution is 5.75. The zero-order chi connectivity index (χ0) is 10.4. The molecule has 0 bridgehead atoms. The van der Waals surface area contributed by atoms with Crippen LogP contribution < -0.4 is 11.1 Å². The Labute approximate surface area is 85.8 Å². The molecule has 4 heteroatoms. The molecule has 1 fully saturated rings. The maximum absolute atomic E-state index is 11.0. The summed E-state index contributed by atoms with van der Waals surface area (Å²) in [4.78, 5) is 13.4. The molecule has 1 saturated heterocycles. The number of hydrogen-bond donors (Lipinski definition) is 2. The maximum atomic E-state index is 11.0. The van der Waals surface area contributed by atoms with Crippen LogP contribution in [0.25, 0.3) is 0 Å². The number of nitrogens with two attached hydrogens (primary N) is 1. The second kappa shape index (κ2) is 5.98. The van der Waals surface area contributed by atoms with Gasteiger partial charge in [-0.25, -0.2) is 0 Å². The third-order valence-corrected chi connectivity index (χ3v) is 2.86. The molecule has 4 nitrogen and oxygen atoms in total. The fourth-order valence-corrected chi connectivity index (χ4v) is 1.90. The molecule has 0 aromatic carbocycles. The Hall–Kier alpha value is -0.610. The Bertz CT molecular complexity index is 184. The van der Waals surface area contributed by atoms with Gasteiger partial charge in [0.25, 0.3) is 0 Å². The summed E-state index contributed by atoms with van der Waals surface area (Å²) in [5.41, 5.74) is 5.60. The average molecular weight is 199 g/mol. The molecule has 1 atom stereocenters. The van der Waals surface area contributed by atoms with Crippen molar-refractivity contribution in [2.75, 3.05) is 33.2 Å². The number of rotatable bonds is 5. The Morgan fingerprint density at radius 2 is 2.43 bits per heavy atom. The molecule has 1 heterocycles. The van der Waals surface area contributed by atoms with Gasteiger partial charge in [0, 0.05) is 20.0 Å². The molecule has 1 aliphatic rings. The van der Waals surface area contributed by atoms with Gasteiger partial charge in [-0.1, -0.05) is 0 Å². The first kappa shape index (κ1) is 11.5. The minimum atomic E-state index is 0.138. The Morgan fingerprint density at radius 1 is 1.64 bits per heavy atom. The SMILES string of the molecule is CNC(=O)CCCN1CCC(CN)C1. The van der Waals surface area contributed by atoms with E-state index in [0.717, 1.165) is 32.6 Å². The Balaban J connectivity index is 2.05. The minimum absolute atomic E-state index is 0.138. The quantitative estimate of drug-likeness (QED) is 0.644. The maximum Gasteiger partial charge on any atom is 0.219 e. The summed E-state index contributed by atoms with van der Waals surface area (Å²) in [6.45, 7) is 4.09. The summed E-state index contributed by atoms with van der Waals surface area (Å²) in [7, 11) is 1.68. The van der Waals surface area contributed by atoms with Crippen molar-refractivity contribution >= 4 is 5.91 Å². The largest absolute Gasteiger partial charge is 0.359 e. The molecule has 0 radical (unpaired) electrons. The van der Waals surface area contributed by atoms with E-state index < -0.39 is 0 Å². The number of amides is 1. The second-order valence-electron chi connectivity index (χ2n) is 3.97. The first-order valence-electron chi connectivity index (χ1n) is 5.39. The summed E-state index contributed by atoms with van der Waals surface area (Å²) in [6, 6.07) is 0. The van der Waals surface area contributed by atoms with E-state index in [1.165, 1.54) is 6.42 Å². The third kappa shape index (κ3) is 3.64. The lowest BCUT2D eigenvalue weighted by Gasteiger charge is -2.14. The molecule has 0 spiro atoms. The van der Waals surface area contributed by atoms with Crippen LogP contribution in [0.15, 0.2) is 0 Å². The topological polar surface area (TPSA) is 58.4 Å². The fourth-order valence-electron chi connectivity index (χ4n) is 1.90. The molecule has 82 valence electrons. The van der Waals surface area contributed by atoms with Crippen LogP contribution in [-0.4, -0.2) is 44.0 Å². The number of nitrogens with zero attached hydrogens (tertiary/aromatic N) is 1. The normalized spacial score (nSPS) is 22.6. The van der Waals surface area contributed by atoms with Crippen LogP contribution in [-0.2, 0) is 4.79 Å². The van der Waals surface area contributed by atoms with Gasteiger partial charge in [0.15, 0.2) is 0 Å². The average Bonchev–Trinajstić information content (AvgIpc) is 2.65. The van der Waals surface area contributed by atoms with E-state index in [0.29, 0.717) is 12.3 Å². The van der Waals surface area contributed by atoms with Gasteiger partial charge in [-0.05, 0) is 38.4 Å². The summed E-state index contributed by atoms with van der Waals surface area (Å²) in [5, 5.41) is 2.63. The standard InChI is InChI=1S/C10H21N3O/c1-12-10(14)3-2-5-13-6-4-9(7-11)8-13/h9H,2-8,11H2,1H3,(H,12,14). The van der Waals surface area contributed by atoms with Crippen molar-refractivity contribution < 1.29 is 4.79 Å². The Kier molecular flexibility index (Phi) is 4.90. The van der Waals surface area contributed by atoms with Crippen molar-refractivity contribution in [1.29, 1.82) is 0 Å². The van der Waals surface area contributed by atoms with Gasteiger partial charge < -0.3 is 16.0 Å². The van der Waals surface area contributed by atoms with Crippen molar-refractivity contribution in [1.82, 2.24) is 10.2 Å². The predicted octanol–water partition coefficient (Wildman–Crippen LogP) is -0.207. The molecular weight excluding hydrogens is 178 g/mol. The van der Waals surface area contributed by atoms with Crippen LogP contribution in [0.4, 0.5) is 0 Å². The van der Waals surface area contributed by atoms with E-state index >= 15 is 0 Å². The van der Waals surface area contributed by atoms with Gasteiger partial charge in [0.1, 0.15) is 0 Å². The van der Waals surface area contributed by atoms with Crippen LogP contribution in [0, 0.1) is 5.92 Å². The molecule has 1 amide bonds. The summed E-state index contributed by atoms with van der Waals surface area (Å²) in [5.74, 6) is 0.814. The predicted molar refractivity (Wildman–Crippen MR) is 56.9 cm³/mol. The van der Waals surface area contributed by atoms with Crippen molar-refractivity contribution in [3.05, 3.63) is 0 Å². The second-order valence-corrected chi connectivity index (χ2v) is 3.97. The number of carbonyl (C=O) groups is 1. The first-order chi connectivity index (χ1) is 6.76. The third-order valence-electron chi connectivity index (χ3n) is 2.86. The lowest BCUT2D eigenvalue weighted by molar-refractivity contribution is -0.120. The van der Waals surface area contributed by atoms with Gasteiger partial charge in [0.2, 0.25) is 5.91 Å². The van der Waals surface area contributed by atoms with Crippen LogP contribution in [0.5, 0.6) is 0 Å². The molecule has 0 aromatic rings. The van der Waals surface area contributed by atoms with Crippen molar-refractivity contribution in [2.45, 2.75) is 19.3 Å². The highest BCUT2D eigenvalue weighted by atomic mass is 16.1. The van der Waals surface area contributed by atoms with Crippen molar-refractivity contribution in [3.63, 3.8) is 0 Å². The molecule has 3 N–H and O–H groups in total. The van der Waals surface area contributed by atoms with Crippen LogP contribution >= 0.6 is 0 Å². The van der Waals surface area contributed by atoms with Crippen LogP contribution in [0.1, 0.15) is 19.3 Å². The molecule has 0 saturated carbocycles. The lowest BCUT2D eigenvalue weighted by atomic mass is 10.1. The summed E-state index contributed by atoms with van der Waals surface area (Å²) < 4.78 is 0. The molecular formula is C10H21N3O. The van der Waals surface area contributed by atoms with Crippen molar-refractivity contribution in [2.24, 2.45) is 11.7 Å². The minimum Gasteiger partial charge on any atom is -0.359 e. The molecule has 14 heavy (non-hydrogen) atoms. The fraction of sp³-hybridized carbons (Fsp3) is 0.900. The van der Waals surface area contributed by atoms with E-state index in [-0.39, 0.29) is 5.91 Å². The summed E-state index contributed by atoms with van der Waals surface area (Å²) >= 11 is 0. The smallest absolute Gasteiger partial charge is 0.219 e. The first-order valence-corrected chi connectivity index (χ1v) is 5.39. The van der Waals surface area contributed by atoms with Gasteiger partial charge in [-0.2, -0.15) is 0 Å². The molecule has 1 aliphatic heterocycles. The van der Waals surface area contributed by atoms with E-state index in [9.17, 15) is 4.79 Å². The number of nitrogens with one attached hydrogen (secondary N) is 1. The molecule has 0 aromatic heterocycles. The van der Waals surface area contributed by atoms with Gasteiger partial charge in [-0.3, -0.25) is 4.79 Å². The van der Waals surface area contributed by atoms with Gasteiger partial charge in [-0.15, -0.1) is 0 Å². The number of likely N-dealkylation sites (tertiary alicyclic amines) is 1. The van der Waals surface area contributed by atoms with Crippen LogP contribution in [0.2, 0.25) is 0 Å². The summed E-state index contributed by atoms with van der Waals surface area (Å²) in [6.07, 6.45) is 2.81. The van der Waals surface area contributed by atoms with E-state index in [1.54, 1.807) is 7.05 Å². The Morgan fingerprint density at radius 3 is 3.00 bits per heavy atom. The number of hydrogen-bond acceptors (Lipinski definition) is 3. The van der Waals surface area contributed by atoms with E-state index in [2.05, 4.69) is 10.2 Å². The van der Waals surface area contributed by atoms with E-state index in [4.69, 9.17) is 5.73 Å². The highest BCUT2D eigenvalue weighted by Gasteiger charge is 2.20. The molecule has 1 rings (SSSR count). The van der Waals surface area contributed by atoms with Gasteiger partial charge in [0.05, 0.1) is 0 Å². The van der Waals surface area contributed by atoms with E-state index in [1.807, 2.05) is 0 Å². The monoisotopic (exact) mass is 199 g/mol.